The molecule has 0 rings (SSSR count). The highest BCUT2D eigenvalue weighted by atomic mass is 16.4. The number of aliphatic hydroxyl groups is 1. The van der Waals surface area contributed by atoms with Crippen molar-refractivity contribution in [2.45, 2.75) is 50.4 Å². The van der Waals surface area contributed by atoms with Crippen LogP contribution in [0.25, 0.3) is 0 Å². The first-order valence-electron chi connectivity index (χ1n) is 8.46. The summed E-state index contributed by atoms with van der Waals surface area (Å²) in [5.74, 6) is -5.76. The second kappa shape index (κ2) is 12.2. The van der Waals surface area contributed by atoms with Crippen LogP contribution in [-0.4, -0.2) is 76.5 Å². The lowest BCUT2D eigenvalue weighted by Gasteiger charge is -2.23. The molecule has 0 spiro atoms. The molecule has 5 amide bonds. The van der Waals surface area contributed by atoms with Gasteiger partial charge in [-0.3, -0.25) is 24.0 Å². The van der Waals surface area contributed by atoms with Crippen molar-refractivity contribution in [2.75, 3.05) is 6.61 Å². The van der Waals surface area contributed by atoms with Crippen LogP contribution in [-0.2, 0) is 28.8 Å². The van der Waals surface area contributed by atoms with Crippen molar-refractivity contribution in [3.63, 3.8) is 0 Å². The van der Waals surface area contributed by atoms with Crippen LogP contribution in [0.1, 0.15) is 26.2 Å². The molecule has 0 aromatic rings. The van der Waals surface area contributed by atoms with E-state index in [1.54, 1.807) is 0 Å². The summed E-state index contributed by atoms with van der Waals surface area (Å²) in [4.78, 5) is 69.0. The number of hydrogen-bond donors (Lipinski definition) is 8. The van der Waals surface area contributed by atoms with Crippen molar-refractivity contribution >= 4 is 35.5 Å². The third kappa shape index (κ3) is 10.0. The number of carbonyl (C=O) groups is 6. The molecule has 4 atom stereocenters. The summed E-state index contributed by atoms with van der Waals surface area (Å²) in [5.41, 5.74) is 15.5. The molecule has 0 fully saturated rings. The highest BCUT2D eigenvalue weighted by Crippen LogP contribution is 2.01. The van der Waals surface area contributed by atoms with E-state index in [1.165, 1.54) is 6.92 Å². The number of carboxylic acid groups (broad SMARTS) is 1. The van der Waals surface area contributed by atoms with Crippen LogP contribution in [0, 0.1) is 0 Å². The van der Waals surface area contributed by atoms with Gasteiger partial charge in [0, 0.05) is 6.42 Å². The Labute approximate surface area is 165 Å². The van der Waals surface area contributed by atoms with E-state index in [2.05, 4.69) is 10.6 Å². The van der Waals surface area contributed by atoms with E-state index >= 15 is 0 Å². The van der Waals surface area contributed by atoms with Crippen LogP contribution in [0.5, 0.6) is 0 Å². The van der Waals surface area contributed by atoms with Crippen molar-refractivity contribution in [3.05, 3.63) is 0 Å². The van der Waals surface area contributed by atoms with E-state index < -0.39 is 72.7 Å². The minimum absolute atomic E-state index is 0.223. The molecule has 0 radical (unpaired) electrons. The Kier molecular flexibility index (Phi) is 10.9. The molecule has 0 bridgehead atoms. The van der Waals surface area contributed by atoms with Crippen molar-refractivity contribution in [2.24, 2.45) is 17.2 Å². The Morgan fingerprint density at radius 2 is 1.41 bits per heavy atom. The van der Waals surface area contributed by atoms with Gasteiger partial charge in [-0.1, -0.05) is 0 Å². The molecule has 0 aliphatic heterocycles. The number of nitrogens with two attached hydrogens (primary N) is 3. The minimum atomic E-state index is -1.57. The highest BCUT2D eigenvalue weighted by molar-refractivity contribution is 5.95. The van der Waals surface area contributed by atoms with Gasteiger partial charge in [0.2, 0.25) is 29.5 Å². The predicted molar refractivity (Wildman–Crippen MR) is 96.4 cm³/mol. The van der Waals surface area contributed by atoms with Gasteiger partial charge in [0.1, 0.15) is 18.1 Å². The largest absolute Gasteiger partial charge is 0.480 e. The Bertz CT molecular complexity index is 655. The van der Waals surface area contributed by atoms with Gasteiger partial charge in [-0.15, -0.1) is 0 Å². The lowest BCUT2D eigenvalue weighted by Crippen LogP contribution is -2.57. The Hall–Kier alpha value is -3.26. The smallest absolute Gasteiger partial charge is 0.328 e. The third-order valence-corrected chi connectivity index (χ3v) is 3.62. The van der Waals surface area contributed by atoms with E-state index in [0.717, 1.165) is 0 Å². The zero-order valence-electron chi connectivity index (χ0n) is 15.7. The monoisotopic (exact) mass is 418 g/mol. The Morgan fingerprint density at radius 1 is 0.862 bits per heavy atom. The molecule has 0 heterocycles. The summed E-state index contributed by atoms with van der Waals surface area (Å²) >= 11 is 0. The fourth-order valence-corrected chi connectivity index (χ4v) is 2.01. The second-order valence-corrected chi connectivity index (χ2v) is 6.16. The average Bonchev–Trinajstić information content (AvgIpc) is 2.61. The molecule has 0 saturated heterocycles. The van der Waals surface area contributed by atoms with Crippen molar-refractivity contribution in [1.29, 1.82) is 0 Å². The van der Waals surface area contributed by atoms with Gasteiger partial charge in [-0.25, -0.2) is 4.79 Å². The fourth-order valence-electron chi connectivity index (χ4n) is 2.01. The number of aliphatic carboxylic acids is 1. The number of rotatable bonds is 13. The summed E-state index contributed by atoms with van der Waals surface area (Å²) in [6.07, 6.45) is -0.985. The summed E-state index contributed by atoms with van der Waals surface area (Å²) in [7, 11) is 0. The number of primary amides is 2. The number of carboxylic acids is 1. The van der Waals surface area contributed by atoms with E-state index in [0.29, 0.717) is 0 Å². The van der Waals surface area contributed by atoms with Crippen molar-refractivity contribution in [1.82, 2.24) is 16.0 Å². The standard InChI is InChI=1S/C15H26N6O8/c1-6(12(25)21-9(5-22)15(28)29)19-14(27)8(2-3-10(17)23)20-13(26)7(16)4-11(18)24/h6-9,22H,2-5,16H2,1H3,(H2,17,23)(H2,18,24)(H,19,27)(H,20,26)(H,21,25)(H,28,29). The molecule has 0 aromatic heterocycles. The molecule has 29 heavy (non-hydrogen) atoms. The van der Waals surface area contributed by atoms with Crippen LogP contribution >= 0.6 is 0 Å². The predicted octanol–water partition coefficient (Wildman–Crippen LogP) is -4.99. The number of amides is 5. The maximum absolute atomic E-state index is 12.4. The molecule has 0 aliphatic carbocycles. The summed E-state index contributed by atoms with van der Waals surface area (Å²) in [6, 6.07) is -5.47. The third-order valence-electron chi connectivity index (χ3n) is 3.62. The van der Waals surface area contributed by atoms with Gasteiger partial charge in [-0.2, -0.15) is 0 Å². The summed E-state index contributed by atoms with van der Waals surface area (Å²) < 4.78 is 0. The van der Waals surface area contributed by atoms with E-state index in [1.807, 2.05) is 5.32 Å². The van der Waals surface area contributed by atoms with Crippen LogP contribution in [0.3, 0.4) is 0 Å². The molecular formula is C15H26N6O8. The van der Waals surface area contributed by atoms with E-state index in [9.17, 15) is 28.8 Å². The average molecular weight is 418 g/mol. The normalized spacial score (nSPS) is 14.6. The quantitative estimate of drug-likeness (QED) is 0.142. The van der Waals surface area contributed by atoms with Gasteiger partial charge in [-0.05, 0) is 13.3 Å². The number of nitrogens with one attached hydrogen (secondary N) is 3. The molecule has 4 unspecified atom stereocenters. The number of aliphatic hydroxyl groups excluding tert-OH is 1. The summed E-state index contributed by atoms with van der Waals surface area (Å²) in [6.45, 7) is 0.367. The van der Waals surface area contributed by atoms with Crippen molar-refractivity contribution < 1.29 is 39.0 Å². The zero-order valence-corrected chi connectivity index (χ0v) is 15.7. The minimum Gasteiger partial charge on any atom is -0.480 e. The van der Waals surface area contributed by atoms with Crippen LogP contribution in [0.2, 0.25) is 0 Å². The number of carbonyl (C=O) groups excluding carboxylic acids is 5. The van der Waals surface area contributed by atoms with Gasteiger partial charge in [0.15, 0.2) is 0 Å². The topological polar surface area (TPSA) is 257 Å². The van der Waals surface area contributed by atoms with Crippen molar-refractivity contribution in [3.8, 4) is 0 Å². The first-order chi connectivity index (χ1) is 13.4. The first-order valence-corrected chi connectivity index (χ1v) is 8.46. The van der Waals surface area contributed by atoms with Crippen LogP contribution in [0.4, 0.5) is 0 Å². The maximum atomic E-state index is 12.4. The molecule has 14 nitrogen and oxygen atoms in total. The zero-order chi connectivity index (χ0) is 22.7. The SMILES string of the molecule is CC(NC(=O)C(CCC(N)=O)NC(=O)C(N)CC(N)=O)C(=O)NC(CO)C(=O)O. The van der Waals surface area contributed by atoms with E-state index in [-0.39, 0.29) is 12.8 Å². The first kappa shape index (κ1) is 25.7. The Morgan fingerprint density at radius 3 is 1.86 bits per heavy atom. The summed E-state index contributed by atoms with van der Waals surface area (Å²) in [5, 5.41) is 24.2. The highest BCUT2D eigenvalue weighted by Gasteiger charge is 2.28. The molecular weight excluding hydrogens is 392 g/mol. The van der Waals surface area contributed by atoms with E-state index in [4.69, 9.17) is 27.4 Å². The van der Waals surface area contributed by atoms with Crippen LogP contribution in [0.15, 0.2) is 0 Å². The molecule has 0 aliphatic rings. The molecule has 164 valence electrons. The van der Waals surface area contributed by atoms with Gasteiger partial charge in [0.05, 0.1) is 19.1 Å². The molecule has 0 saturated carbocycles. The van der Waals surface area contributed by atoms with Gasteiger partial charge >= 0.3 is 5.97 Å². The van der Waals surface area contributed by atoms with Gasteiger partial charge < -0.3 is 43.4 Å². The second-order valence-electron chi connectivity index (χ2n) is 6.16. The fraction of sp³-hybridized carbons (Fsp3) is 0.600. The molecule has 0 aromatic carbocycles. The lowest BCUT2D eigenvalue weighted by molar-refractivity contribution is -0.143. The van der Waals surface area contributed by atoms with Crippen LogP contribution < -0.4 is 33.2 Å². The van der Waals surface area contributed by atoms with Gasteiger partial charge in [0.25, 0.3) is 0 Å². The molecule has 11 N–H and O–H groups in total. The maximum Gasteiger partial charge on any atom is 0.328 e. The number of hydrogen-bond acceptors (Lipinski definition) is 8. The Balaban J connectivity index is 5.08. The lowest BCUT2D eigenvalue weighted by atomic mass is 10.1. The molecule has 14 heteroatoms.